The molecule has 1 saturated carbocycles. The highest BCUT2D eigenvalue weighted by Gasteiger charge is 2.28. The summed E-state index contributed by atoms with van der Waals surface area (Å²) in [5, 5.41) is 3.24. The Morgan fingerprint density at radius 2 is 1.79 bits per heavy atom. The van der Waals surface area contributed by atoms with Crippen LogP contribution in [0, 0.1) is 0 Å². The fourth-order valence-corrected chi connectivity index (χ4v) is 5.24. The highest BCUT2D eigenvalue weighted by atomic mass is 16.2. The Kier molecular flexibility index (Phi) is 6.53. The van der Waals surface area contributed by atoms with Gasteiger partial charge in [-0.1, -0.05) is 44.0 Å². The molecule has 5 nitrogen and oxygen atoms in total. The first-order valence-corrected chi connectivity index (χ1v) is 11.3. The number of rotatable bonds is 5. The molecule has 1 aromatic carbocycles. The molecule has 0 radical (unpaired) electrons. The Morgan fingerprint density at radius 1 is 1.07 bits per heavy atom. The molecule has 1 atom stereocenters. The van der Waals surface area contributed by atoms with Gasteiger partial charge in [0, 0.05) is 57.9 Å². The molecule has 4 rings (SSSR count). The third-order valence-corrected chi connectivity index (χ3v) is 7.08. The minimum atomic E-state index is 0.127. The van der Waals surface area contributed by atoms with Gasteiger partial charge >= 0.3 is 6.03 Å². The van der Waals surface area contributed by atoms with E-state index in [-0.39, 0.29) is 6.03 Å². The highest BCUT2D eigenvalue weighted by molar-refractivity contribution is 5.74. The zero-order valence-corrected chi connectivity index (χ0v) is 17.4. The van der Waals surface area contributed by atoms with E-state index in [1.807, 2.05) is 4.90 Å². The summed E-state index contributed by atoms with van der Waals surface area (Å²) in [4.78, 5) is 19.9. The molecule has 0 bridgehead atoms. The maximum atomic E-state index is 12.7. The van der Waals surface area contributed by atoms with Gasteiger partial charge in [-0.15, -0.1) is 0 Å². The summed E-state index contributed by atoms with van der Waals surface area (Å²) in [6.45, 7) is 8.90. The van der Waals surface area contributed by atoms with E-state index < -0.39 is 0 Å². The molecule has 5 heteroatoms. The van der Waals surface area contributed by atoms with E-state index in [1.165, 1.54) is 36.8 Å². The predicted octanol–water partition coefficient (Wildman–Crippen LogP) is 3.09. The van der Waals surface area contributed by atoms with E-state index in [0.717, 1.165) is 64.7 Å². The highest BCUT2D eigenvalue weighted by Crippen LogP contribution is 2.24. The van der Waals surface area contributed by atoms with Crippen LogP contribution in [0.25, 0.3) is 0 Å². The minimum absolute atomic E-state index is 0.127. The summed E-state index contributed by atoms with van der Waals surface area (Å²) in [7, 11) is 0. The van der Waals surface area contributed by atoms with E-state index in [0.29, 0.717) is 6.04 Å². The maximum absolute atomic E-state index is 12.7. The molecule has 1 saturated heterocycles. The topological polar surface area (TPSA) is 38.8 Å². The van der Waals surface area contributed by atoms with Crippen LogP contribution in [0.3, 0.4) is 0 Å². The van der Waals surface area contributed by atoms with Gasteiger partial charge < -0.3 is 10.2 Å². The normalized spacial score (nSPS) is 22.8. The molecule has 1 aliphatic carbocycles. The molecule has 2 heterocycles. The van der Waals surface area contributed by atoms with Gasteiger partial charge in [0.2, 0.25) is 0 Å². The zero-order chi connectivity index (χ0) is 19.3. The number of nitrogens with zero attached hydrogens (tertiary/aromatic N) is 3. The maximum Gasteiger partial charge on any atom is 0.317 e. The lowest BCUT2D eigenvalue weighted by Gasteiger charge is -2.39. The molecular formula is C23H36N4O. The summed E-state index contributed by atoms with van der Waals surface area (Å²) in [6.07, 6.45) is 7.64. The molecular weight excluding hydrogens is 348 g/mol. The van der Waals surface area contributed by atoms with E-state index in [9.17, 15) is 4.79 Å². The van der Waals surface area contributed by atoms with Crippen LogP contribution in [0.15, 0.2) is 24.3 Å². The van der Waals surface area contributed by atoms with E-state index >= 15 is 0 Å². The van der Waals surface area contributed by atoms with Crippen molar-refractivity contribution in [1.82, 2.24) is 20.0 Å². The van der Waals surface area contributed by atoms with Crippen molar-refractivity contribution in [3.63, 3.8) is 0 Å². The SMILES string of the molecule is CCC(CNC(=O)N1CCN(C2CCCC2)CC1)N1CCc2ccccc2C1. The van der Waals surface area contributed by atoms with Crippen molar-refractivity contribution < 1.29 is 4.79 Å². The first-order chi connectivity index (χ1) is 13.7. The standard InChI is InChI=1S/C23H36N4O/c1-2-21(27-12-11-19-7-3-4-8-20(19)18-27)17-24-23(28)26-15-13-25(14-16-26)22-9-5-6-10-22/h3-4,7-8,21-22H,2,5-6,9-18H2,1H3,(H,24,28). The zero-order valence-electron chi connectivity index (χ0n) is 17.4. The van der Waals surface area contributed by atoms with Crippen molar-refractivity contribution in [3.8, 4) is 0 Å². The molecule has 2 fully saturated rings. The smallest absolute Gasteiger partial charge is 0.317 e. The number of hydrogen-bond donors (Lipinski definition) is 1. The van der Waals surface area contributed by atoms with Crippen molar-refractivity contribution in [2.75, 3.05) is 39.3 Å². The Morgan fingerprint density at radius 3 is 2.50 bits per heavy atom. The fraction of sp³-hybridized carbons (Fsp3) is 0.696. The first-order valence-electron chi connectivity index (χ1n) is 11.3. The molecule has 0 aromatic heterocycles. The summed E-state index contributed by atoms with van der Waals surface area (Å²) in [5.74, 6) is 0. The van der Waals surface area contributed by atoms with Gasteiger partial charge in [-0.05, 0) is 36.8 Å². The third-order valence-electron chi connectivity index (χ3n) is 7.08. The van der Waals surface area contributed by atoms with Crippen molar-refractivity contribution in [2.45, 2.75) is 64.1 Å². The number of benzene rings is 1. The summed E-state index contributed by atoms with van der Waals surface area (Å²) < 4.78 is 0. The number of amides is 2. The Labute approximate surface area is 170 Å². The lowest BCUT2D eigenvalue weighted by molar-refractivity contribution is 0.107. The van der Waals surface area contributed by atoms with Crippen LogP contribution in [-0.4, -0.2) is 72.1 Å². The molecule has 3 aliphatic rings. The number of carbonyl (C=O) groups excluding carboxylic acids is 1. The van der Waals surface area contributed by atoms with Crippen LogP contribution >= 0.6 is 0 Å². The Hall–Kier alpha value is -1.59. The first kappa shape index (κ1) is 19.7. The number of carbonyl (C=O) groups is 1. The molecule has 1 aromatic rings. The van der Waals surface area contributed by atoms with Crippen molar-refractivity contribution in [3.05, 3.63) is 35.4 Å². The number of hydrogen-bond acceptors (Lipinski definition) is 3. The molecule has 1 N–H and O–H groups in total. The molecule has 28 heavy (non-hydrogen) atoms. The van der Waals surface area contributed by atoms with Crippen LogP contribution in [-0.2, 0) is 13.0 Å². The second-order valence-corrected chi connectivity index (χ2v) is 8.70. The van der Waals surface area contributed by atoms with Gasteiger partial charge in [0.15, 0.2) is 0 Å². The van der Waals surface area contributed by atoms with Crippen LogP contribution < -0.4 is 5.32 Å². The quantitative estimate of drug-likeness (QED) is 0.848. The third kappa shape index (κ3) is 4.52. The minimum Gasteiger partial charge on any atom is -0.336 e. The Bertz CT molecular complexity index is 650. The summed E-state index contributed by atoms with van der Waals surface area (Å²) in [5.41, 5.74) is 2.93. The number of nitrogens with one attached hydrogen (secondary N) is 1. The second-order valence-electron chi connectivity index (χ2n) is 8.70. The van der Waals surface area contributed by atoms with Crippen molar-refractivity contribution in [2.24, 2.45) is 0 Å². The van der Waals surface area contributed by atoms with Crippen LogP contribution in [0.5, 0.6) is 0 Å². The van der Waals surface area contributed by atoms with Crippen molar-refractivity contribution in [1.29, 1.82) is 0 Å². The van der Waals surface area contributed by atoms with Crippen LogP contribution in [0.2, 0.25) is 0 Å². The van der Waals surface area contributed by atoms with Gasteiger partial charge in [0.05, 0.1) is 0 Å². The van der Waals surface area contributed by atoms with Gasteiger partial charge in [0.25, 0.3) is 0 Å². The fourth-order valence-electron chi connectivity index (χ4n) is 5.24. The molecule has 2 aliphatic heterocycles. The number of fused-ring (bicyclic) bond motifs is 1. The van der Waals surface area contributed by atoms with E-state index in [1.54, 1.807) is 0 Å². The molecule has 0 spiro atoms. The van der Waals surface area contributed by atoms with Crippen molar-refractivity contribution >= 4 is 6.03 Å². The number of piperazine rings is 1. The Balaban J connectivity index is 1.23. The predicted molar refractivity (Wildman–Crippen MR) is 113 cm³/mol. The molecule has 1 unspecified atom stereocenters. The monoisotopic (exact) mass is 384 g/mol. The summed E-state index contributed by atoms with van der Waals surface area (Å²) >= 11 is 0. The molecule has 154 valence electrons. The van der Waals surface area contributed by atoms with Crippen LogP contribution in [0.4, 0.5) is 4.79 Å². The summed E-state index contributed by atoms with van der Waals surface area (Å²) in [6, 6.07) is 10.1. The molecule has 2 amide bonds. The van der Waals surface area contributed by atoms with Gasteiger partial charge in [0.1, 0.15) is 0 Å². The lowest BCUT2D eigenvalue weighted by atomic mass is 9.98. The largest absolute Gasteiger partial charge is 0.336 e. The van der Waals surface area contributed by atoms with Gasteiger partial charge in [-0.3, -0.25) is 9.80 Å². The van der Waals surface area contributed by atoms with E-state index in [4.69, 9.17) is 0 Å². The van der Waals surface area contributed by atoms with E-state index in [2.05, 4.69) is 46.3 Å². The number of urea groups is 1. The van der Waals surface area contributed by atoms with Gasteiger partial charge in [-0.25, -0.2) is 4.79 Å². The average Bonchev–Trinajstić information content (AvgIpc) is 3.29. The lowest BCUT2D eigenvalue weighted by Crippen LogP contribution is -2.55. The van der Waals surface area contributed by atoms with Crippen LogP contribution in [0.1, 0.15) is 50.2 Å². The van der Waals surface area contributed by atoms with Gasteiger partial charge in [-0.2, -0.15) is 0 Å². The second kappa shape index (κ2) is 9.27. The average molecular weight is 385 g/mol.